The van der Waals surface area contributed by atoms with Crippen molar-refractivity contribution in [2.75, 3.05) is 36.8 Å². The fourth-order valence-corrected chi connectivity index (χ4v) is 5.29. The molecule has 1 fully saturated rings. The minimum Gasteiger partial charge on any atom is -0.465 e. The molecule has 0 radical (unpaired) electrons. The summed E-state index contributed by atoms with van der Waals surface area (Å²) in [4.78, 5) is 14.0. The first-order chi connectivity index (χ1) is 14.4. The van der Waals surface area contributed by atoms with Crippen LogP contribution in [0, 0.1) is 5.92 Å². The quantitative estimate of drug-likeness (QED) is 0.569. The Kier molecular flexibility index (Phi) is 7.50. The predicted molar refractivity (Wildman–Crippen MR) is 119 cm³/mol. The number of anilines is 1. The molecular formula is C23H30N2O4S. The Labute approximate surface area is 179 Å². The van der Waals surface area contributed by atoms with Crippen LogP contribution in [0.3, 0.4) is 0 Å². The zero-order valence-electron chi connectivity index (χ0n) is 17.7. The molecular weight excluding hydrogens is 400 g/mol. The molecule has 30 heavy (non-hydrogen) atoms. The number of esters is 1. The van der Waals surface area contributed by atoms with Crippen LogP contribution in [0.2, 0.25) is 0 Å². The molecule has 0 aliphatic carbocycles. The van der Waals surface area contributed by atoms with Gasteiger partial charge < -0.3 is 9.64 Å². The maximum absolute atomic E-state index is 13.2. The average molecular weight is 431 g/mol. The first-order valence-electron chi connectivity index (χ1n) is 10.3. The Hall–Kier alpha value is -2.38. The summed E-state index contributed by atoms with van der Waals surface area (Å²) in [6, 6.07) is 16.0. The van der Waals surface area contributed by atoms with Gasteiger partial charge in [-0.05, 0) is 61.7 Å². The van der Waals surface area contributed by atoms with E-state index in [-0.39, 0.29) is 12.3 Å². The van der Waals surface area contributed by atoms with Gasteiger partial charge in [0, 0.05) is 6.54 Å². The highest BCUT2D eigenvalue weighted by Crippen LogP contribution is 2.22. The number of hydrogen-bond acceptors (Lipinski definition) is 5. The van der Waals surface area contributed by atoms with Crippen LogP contribution in [0.1, 0.15) is 35.7 Å². The van der Waals surface area contributed by atoms with Gasteiger partial charge in [-0.2, -0.15) is 0 Å². The molecule has 0 bridgehead atoms. The average Bonchev–Trinajstić information content (AvgIpc) is 3.17. The second-order valence-corrected chi connectivity index (χ2v) is 9.91. The number of rotatable bonds is 9. The fourth-order valence-electron chi connectivity index (χ4n) is 3.78. The number of carbonyl (C=O) groups excluding carboxylic acids is 1. The molecule has 6 nitrogen and oxygen atoms in total. The summed E-state index contributed by atoms with van der Waals surface area (Å²) in [7, 11) is -2.16. The summed E-state index contributed by atoms with van der Waals surface area (Å²) in [6.07, 6.45) is 1.80. The van der Waals surface area contributed by atoms with Crippen molar-refractivity contribution in [3.63, 3.8) is 0 Å². The molecule has 1 saturated heterocycles. The standard InChI is InChI=1S/C23H30N2O4S/c1-19-13-15-24(17-19)14-6-16-30(27,28)25(22-7-4-3-5-8-22)18-20-9-11-21(12-10-20)23(26)29-2/h3-5,7-12,19H,6,13-18H2,1-2H3. The lowest BCUT2D eigenvalue weighted by Gasteiger charge is -2.25. The summed E-state index contributed by atoms with van der Waals surface area (Å²) in [5, 5.41) is 0. The lowest BCUT2D eigenvalue weighted by Crippen LogP contribution is -2.34. The number of ether oxygens (including phenoxy) is 1. The van der Waals surface area contributed by atoms with E-state index in [0.717, 1.165) is 25.2 Å². The fraction of sp³-hybridized carbons (Fsp3) is 0.435. The Morgan fingerprint density at radius 1 is 1.13 bits per heavy atom. The lowest BCUT2D eigenvalue weighted by atomic mass is 10.1. The molecule has 162 valence electrons. The van der Waals surface area contributed by atoms with Crippen LogP contribution in [-0.2, 0) is 21.3 Å². The topological polar surface area (TPSA) is 66.9 Å². The summed E-state index contributed by atoms with van der Waals surface area (Å²) < 4.78 is 32.6. The molecule has 0 saturated carbocycles. The van der Waals surface area contributed by atoms with Gasteiger partial charge in [0.15, 0.2) is 0 Å². The van der Waals surface area contributed by atoms with Crippen molar-refractivity contribution >= 4 is 21.7 Å². The number of likely N-dealkylation sites (tertiary alicyclic amines) is 1. The Morgan fingerprint density at radius 3 is 2.43 bits per heavy atom. The van der Waals surface area contributed by atoms with E-state index in [4.69, 9.17) is 4.74 Å². The second kappa shape index (κ2) is 10.1. The zero-order chi connectivity index (χ0) is 21.6. The van der Waals surface area contributed by atoms with Crippen LogP contribution in [0.5, 0.6) is 0 Å². The number of benzene rings is 2. The number of hydrogen-bond donors (Lipinski definition) is 0. The van der Waals surface area contributed by atoms with Gasteiger partial charge >= 0.3 is 5.97 Å². The van der Waals surface area contributed by atoms with E-state index >= 15 is 0 Å². The zero-order valence-corrected chi connectivity index (χ0v) is 18.5. The molecule has 3 rings (SSSR count). The first kappa shape index (κ1) is 22.3. The number of carbonyl (C=O) groups is 1. The van der Waals surface area contributed by atoms with E-state index in [0.29, 0.717) is 23.6 Å². The molecule has 0 N–H and O–H groups in total. The third-order valence-electron chi connectivity index (χ3n) is 5.47. The minimum absolute atomic E-state index is 0.104. The molecule has 2 aromatic carbocycles. The molecule has 1 aliphatic heterocycles. The van der Waals surface area contributed by atoms with Crippen molar-refractivity contribution in [2.24, 2.45) is 5.92 Å². The van der Waals surface area contributed by atoms with Crippen molar-refractivity contribution in [3.8, 4) is 0 Å². The van der Waals surface area contributed by atoms with Crippen LogP contribution in [0.4, 0.5) is 5.69 Å². The number of para-hydroxylation sites is 1. The lowest BCUT2D eigenvalue weighted by molar-refractivity contribution is 0.0600. The van der Waals surface area contributed by atoms with Crippen molar-refractivity contribution in [1.29, 1.82) is 0 Å². The number of methoxy groups -OCH3 is 1. The van der Waals surface area contributed by atoms with Crippen LogP contribution < -0.4 is 4.31 Å². The van der Waals surface area contributed by atoms with Gasteiger partial charge in [-0.1, -0.05) is 37.3 Å². The second-order valence-electron chi connectivity index (χ2n) is 7.89. The van der Waals surface area contributed by atoms with Crippen molar-refractivity contribution in [3.05, 3.63) is 65.7 Å². The molecule has 0 spiro atoms. The van der Waals surface area contributed by atoms with Gasteiger partial charge in [-0.25, -0.2) is 13.2 Å². The highest BCUT2D eigenvalue weighted by Gasteiger charge is 2.24. The Bertz CT molecular complexity index is 929. The number of sulfonamides is 1. The maximum atomic E-state index is 13.2. The van der Waals surface area contributed by atoms with E-state index in [1.54, 1.807) is 24.3 Å². The van der Waals surface area contributed by atoms with Crippen LogP contribution >= 0.6 is 0 Å². The van der Waals surface area contributed by atoms with E-state index in [9.17, 15) is 13.2 Å². The van der Waals surface area contributed by atoms with E-state index in [1.807, 2.05) is 30.3 Å². The molecule has 0 aromatic heterocycles. The van der Waals surface area contributed by atoms with Crippen LogP contribution in [-0.4, -0.2) is 51.8 Å². The van der Waals surface area contributed by atoms with Crippen molar-refractivity contribution in [1.82, 2.24) is 4.90 Å². The smallest absolute Gasteiger partial charge is 0.337 e. The predicted octanol–water partition coefficient (Wildman–Crippen LogP) is 3.54. The molecule has 2 aromatic rings. The third kappa shape index (κ3) is 5.83. The van der Waals surface area contributed by atoms with Crippen molar-refractivity contribution in [2.45, 2.75) is 26.3 Å². The van der Waals surface area contributed by atoms with Gasteiger partial charge in [0.25, 0.3) is 0 Å². The summed E-state index contributed by atoms with van der Waals surface area (Å²) in [6.45, 7) is 5.36. The maximum Gasteiger partial charge on any atom is 0.337 e. The van der Waals surface area contributed by atoms with Crippen LogP contribution in [0.25, 0.3) is 0 Å². The first-order valence-corrected chi connectivity index (χ1v) is 11.9. The Morgan fingerprint density at radius 2 is 1.83 bits per heavy atom. The Balaban J connectivity index is 1.72. The highest BCUT2D eigenvalue weighted by atomic mass is 32.2. The van der Waals surface area contributed by atoms with Gasteiger partial charge in [-0.3, -0.25) is 4.31 Å². The van der Waals surface area contributed by atoms with E-state index in [2.05, 4.69) is 11.8 Å². The molecule has 1 unspecified atom stereocenters. The van der Waals surface area contributed by atoms with E-state index in [1.165, 1.54) is 17.8 Å². The number of nitrogens with zero attached hydrogens (tertiary/aromatic N) is 2. The largest absolute Gasteiger partial charge is 0.465 e. The van der Waals surface area contributed by atoms with E-state index < -0.39 is 16.0 Å². The molecule has 1 atom stereocenters. The van der Waals surface area contributed by atoms with Crippen LogP contribution in [0.15, 0.2) is 54.6 Å². The minimum atomic E-state index is -3.49. The SMILES string of the molecule is COC(=O)c1ccc(CN(c2ccccc2)S(=O)(=O)CCCN2CCC(C)C2)cc1. The van der Waals surface area contributed by atoms with Gasteiger partial charge in [0.1, 0.15) is 0 Å². The van der Waals surface area contributed by atoms with Crippen molar-refractivity contribution < 1.29 is 17.9 Å². The van der Waals surface area contributed by atoms with Gasteiger partial charge in [-0.15, -0.1) is 0 Å². The summed E-state index contributed by atoms with van der Waals surface area (Å²) in [5.41, 5.74) is 1.89. The molecule has 7 heteroatoms. The third-order valence-corrected chi connectivity index (χ3v) is 7.28. The van der Waals surface area contributed by atoms with Gasteiger partial charge in [0.2, 0.25) is 10.0 Å². The highest BCUT2D eigenvalue weighted by molar-refractivity contribution is 7.92. The van der Waals surface area contributed by atoms with Gasteiger partial charge in [0.05, 0.1) is 30.7 Å². The monoisotopic (exact) mass is 430 g/mol. The molecule has 1 aliphatic rings. The normalized spacial score (nSPS) is 17.1. The molecule has 0 amide bonds. The summed E-state index contributed by atoms with van der Waals surface area (Å²) in [5.74, 6) is 0.383. The molecule has 1 heterocycles. The summed E-state index contributed by atoms with van der Waals surface area (Å²) >= 11 is 0.